The lowest BCUT2D eigenvalue weighted by Gasteiger charge is -2.35. The number of non-ortho nitro benzene ring substituents is 1. The van der Waals surface area contributed by atoms with E-state index in [1.807, 2.05) is 25.1 Å². The molecule has 9 heteroatoms. The summed E-state index contributed by atoms with van der Waals surface area (Å²) in [5.41, 5.74) is 1.90. The number of hydrogen-bond acceptors (Lipinski definition) is 7. The summed E-state index contributed by atoms with van der Waals surface area (Å²) in [4.78, 5) is 23.3. The summed E-state index contributed by atoms with van der Waals surface area (Å²) in [6.07, 6.45) is 0. The van der Waals surface area contributed by atoms with Crippen molar-refractivity contribution in [2.24, 2.45) is 0 Å². The summed E-state index contributed by atoms with van der Waals surface area (Å²) in [7, 11) is 0. The molecule has 1 N–H and O–H groups in total. The number of nitrogens with zero attached hydrogens (tertiary/aromatic N) is 3. The van der Waals surface area contributed by atoms with Crippen LogP contribution in [0.25, 0.3) is 0 Å². The van der Waals surface area contributed by atoms with Gasteiger partial charge in [0.15, 0.2) is 0 Å². The summed E-state index contributed by atoms with van der Waals surface area (Å²) in [6.45, 7) is 5.27. The van der Waals surface area contributed by atoms with Crippen molar-refractivity contribution in [3.05, 3.63) is 73.8 Å². The van der Waals surface area contributed by atoms with E-state index in [9.17, 15) is 20.2 Å². The highest BCUT2D eigenvalue weighted by molar-refractivity contribution is 5.65. The molecule has 0 amide bonds. The van der Waals surface area contributed by atoms with E-state index in [-0.39, 0.29) is 23.1 Å². The van der Waals surface area contributed by atoms with Crippen molar-refractivity contribution in [3.63, 3.8) is 0 Å². The van der Waals surface area contributed by atoms with E-state index in [1.54, 1.807) is 0 Å². The van der Waals surface area contributed by atoms with Gasteiger partial charge in [-0.2, -0.15) is 0 Å². The van der Waals surface area contributed by atoms with Gasteiger partial charge in [0.25, 0.3) is 11.4 Å². The molecule has 0 spiro atoms. The van der Waals surface area contributed by atoms with E-state index >= 15 is 0 Å². The van der Waals surface area contributed by atoms with Gasteiger partial charge in [-0.05, 0) is 18.6 Å². The molecule has 1 saturated heterocycles. The zero-order valence-corrected chi connectivity index (χ0v) is 15.5. The molecule has 9 nitrogen and oxygen atoms in total. The molecule has 1 atom stereocenters. The molecular formula is C19H22N4O5. The minimum absolute atomic E-state index is 0.00130. The molecule has 2 aromatic carbocycles. The van der Waals surface area contributed by atoms with Crippen LogP contribution in [-0.4, -0.2) is 47.6 Å². The van der Waals surface area contributed by atoms with Crippen molar-refractivity contribution in [1.82, 2.24) is 4.90 Å². The molecule has 0 bridgehead atoms. The van der Waals surface area contributed by atoms with Crippen LogP contribution in [0.2, 0.25) is 0 Å². The second-order valence-electron chi connectivity index (χ2n) is 6.67. The smallest absolute Gasteiger partial charge is 0.299 e. The Balaban J connectivity index is 1.85. The SMILES string of the molecule is Cc1cccc(C(CNc2ccc([N+](=O)[O-])cc2[N+](=O)[O-])N2CCOCC2)c1. The van der Waals surface area contributed by atoms with Crippen molar-refractivity contribution < 1.29 is 14.6 Å². The summed E-state index contributed by atoms with van der Waals surface area (Å²) >= 11 is 0. The van der Waals surface area contributed by atoms with Crippen molar-refractivity contribution in [2.75, 3.05) is 38.2 Å². The van der Waals surface area contributed by atoms with E-state index in [4.69, 9.17) is 4.74 Å². The standard InChI is InChI=1S/C19H22N4O5/c1-14-3-2-4-15(11-14)19(21-7-9-28-10-8-21)13-20-17-6-5-16(22(24)25)12-18(17)23(26)27/h2-6,11-12,19-20H,7-10,13H2,1H3. The van der Waals surface area contributed by atoms with E-state index in [0.29, 0.717) is 19.8 Å². The van der Waals surface area contributed by atoms with Gasteiger partial charge >= 0.3 is 0 Å². The fourth-order valence-corrected chi connectivity index (χ4v) is 3.37. The Morgan fingerprint density at radius 3 is 2.50 bits per heavy atom. The van der Waals surface area contributed by atoms with Crippen LogP contribution >= 0.6 is 0 Å². The summed E-state index contributed by atoms with van der Waals surface area (Å²) < 4.78 is 5.44. The first kappa shape index (κ1) is 19.7. The lowest BCUT2D eigenvalue weighted by molar-refractivity contribution is -0.393. The predicted molar refractivity (Wildman–Crippen MR) is 105 cm³/mol. The number of hydrogen-bond donors (Lipinski definition) is 1. The van der Waals surface area contributed by atoms with E-state index in [1.165, 1.54) is 12.1 Å². The van der Waals surface area contributed by atoms with Crippen LogP contribution in [0.3, 0.4) is 0 Å². The van der Waals surface area contributed by atoms with E-state index < -0.39 is 9.85 Å². The average molecular weight is 386 g/mol. The molecule has 1 heterocycles. The van der Waals surface area contributed by atoms with Gasteiger partial charge in [-0.15, -0.1) is 0 Å². The molecule has 3 rings (SSSR count). The van der Waals surface area contributed by atoms with Gasteiger partial charge in [0.2, 0.25) is 0 Å². The Bertz CT molecular complexity index is 867. The molecule has 0 radical (unpaired) electrons. The normalized spacial score (nSPS) is 15.8. The Morgan fingerprint density at radius 1 is 1.11 bits per heavy atom. The van der Waals surface area contributed by atoms with Crippen LogP contribution in [0.5, 0.6) is 0 Å². The lowest BCUT2D eigenvalue weighted by Crippen LogP contribution is -2.41. The molecule has 2 aromatic rings. The van der Waals surface area contributed by atoms with Gasteiger partial charge in [0.1, 0.15) is 5.69 Å². The fourth-order valence-electron chi connectivity index (χ4n) is 3.37. The molecule has 148 valence electrons. The quantitative estimate of drug-likeness (QED) is 0.574. The maximum Gasteiger partial charge on any atom is 0.299 e. The van der Waals surface area contributed by atoms with Gasteiger partial charge in [0.05, 0.1) is 35.2 Å². The van der Waals surface area contributed by atoms with Gasteiger partial charge in [-0.25, -0.2) is 0 Å². The summed E-state index contributed by atoms with van der Waals surface area (Å²) in [6, 6.07) is 11.8. The largest absolute Gasteiger partial charge is 0.379 e. The Morgan fingerprint density at radius 2 is 1.86 bits per heavy atom. The maximum absolute atomic E-state index is 11.4. The van der Waals surface area contributed by atoms with Crippen LogP contribution in [0, 0.1) is 27.2 Å². The van der Waals surface area contributed by atoms with Crippen LogP contribution < -0.4 is 5.32 Å². The van der Waals surface area contributed by atoms with Gasteiger partial charge < -0.3 is 10.1 Å². The fraction of sp³-hybridized carbons (Fsp3) is 0.368. The van der Waals surface area contributed by atoms with Crippen LogP contribution in [-0.2, 0) is 4.74 Å². The van der Waals surface area contributed by atoms with E-state index in [0.717, 1.165) is 30.3 Å². The molecule has 1 unspecified atom stereocenters. The number of nitro groups is 2. The van der Waals surface area contributed by atoms with Gasteiger partial charge in [-0.3, -0.25) is 25.1 Å². The van der Waals surface area contributed by atoms with Crippen LogP contribution in [0.4, 0.5) is 17.1 Å². The number of nitro benzene ring substituents is 2. The number of benzene rings is 2. The molecule has 1 aliphatic heterocycles. The first-order valence-corrected chi connectivity index (χ1v) is 9.01. The Kier molecular flexibility index (Phi) is 6.17. The zero-order chi connectivity index (χ0) is 20.1. The second kappa shape index (κ2) is 8.77. The number of morpholine rings is 1. The number of anilines is 1. The van der Waals surface area contributed by atoms with Gasteiger partial charge in [0, 0.05) is 25.7 Å². The van der Waals surface area contributed by atoms with Crippen molar-refractivity contribution in [3.8, 4) is 0 Å². The lowest BCUT2D eigenvalue weighted by atomic mass is 10.0. The zero-order valence-electron chi connectivity index (χ0n) is 15.5. The highest BCUT2D eigenvalue weighted by Gasteiger charge is 2.25. The third-order valence-corrected chi connectivity index (χ3v) is 4.79. The molecule has 1 aliphatic rings. The number of ether oxygens (including phenoxy) is 1. The maximum atomic E-state index is 11.4. The van der Waals surface area contributed by atoms with Crippen LogP contribution in [0.1, 0.15) is 17.2 Å². The molecule has 0 aromatic heterocycles. The Labute approximate surface area is 162 Å². The highest BCUT2D eigenvalue weighted by atomic mass is 16.6. The first-order valence-electron chi connectivity index (χ1n) is 9.01. The van der Waals surface area contributed by atoms with Gasteiger partial charge in [-0.1, -0.05) is 29.8 Å². The minimum Gasteiger partial charge on any atom is -0.379 e. The first-order chi connectivity index (χ1) is 13.5. The highest BCUT2D eigenvalue weighted by Crippen LogP contribution is 2.30. The minimum atomic E-state index is -0.639. The van der Waals surface area contributed by atoms with Crippen LogP contribution in [0.15, 0.2) is 42.5 Å². The van der Waals surface area contributed by atoms with Crippen molar-refractivity contribution >= 4 is 17.1 Å². The topological polar surface area (TPSA) is 111 Å². The number of aryl methyl sites for hydroxylation is 1. The van der Waals surface area contributed by atoms with E-state index in [2.05, 4.69) is 16.3 Å². The third kappa shape index (κ3) is 4.62. The predicted octanol–water partition coefficient (Wildman–Crippen LogP) is 3.30. The van der Waals surface area contributed by atoms with Crippen molar-refractivity contribution in [2.45, 2.75) is 13.0 Å². The molecule has 0 aliphatic carbocycles. The third-order valence-electron chi connectivity index (χ3n) is 4.79. The molecule has 0 saturated carbocycles. The number of nitrogens with one attached hydrogen (secondary N) is 1. The monoisotopic (exact) mass is 386 g/mol. The molecular weight excluding hydrogens is 364 g/mol. The second-order valence-corrected chi connectivity index (χ2v) is 6.67. The van der Waals surface area contributed by atoms with Crippen molar-refractivity contribution in [1.29, 1.82) is 0 Å². The summed E-state index contributed by atoms with van der Waals surface area (Å²) in [5, 5.41) is 25.4. The Hall–Kier alpha value is -3.04. The molecule has 1 fully saturated rings. The number of rotatable bonds is 7. The molecule has 28 heavy (non-hydrogen) atoms. The average Bonchev–Trinajstić information content (AvgIpc) is 2.69. The summed E-state index contributed by atoms with van der Waals surface area (Å²) in [5.74, 6) is 0.